The van der Waals surface area contributed by atoms with Gasteiger partial charge >= 0.3 is 5.97 Å². The van der Waals surface area contributed by atoms with Crippen LogP contribution in [0.25, 0.3) is 0 Å². The molecule has 6 heteroatoms. The lowest BCUT2D eigenvalue weighted by molar-refractivity contribution is -0.148. The molecule has 0 aliphatic carbocycles. The predicted octanol–water partition coefficient (Wildman–Crippen LogP) is 3.55. The van der Waals surface area contributed by atoms with Gasteiger partial charge in [-0.2, -0.15) is 0 Å². The van der Waals surface area contributed by atoms with Gasteiger partial charge in [0.15, 0.2) is 6.61 Å². The molecule has 1 atom stereocenters. The van der Waals surface area contributed by atoms with E-state index >= 15 is 0 Å². The second kappa shape index (κ2) is 8.59. The van der Waals surface area contributed by atoms with E-state index in [1.165, 1.54) is 18.2 Å². The summed E-state index contributed by atoms with van der Waals surface area (Å²) in [5.41, 5.74) is 1.45. The molecule has 0 radical (unpaired) electrons. The lowest BCUT2D eigenvalue weighted by Gasteiger charge is -2.14. The maximum Gasteiger partial charge on any atom is 0.310 e. The number of nitrogens with one attached hydrogen (secondary N) is 1. The van der Waals surface area contributed by atoms with Crippen LogP contribution in [-0.2, 0) is 20.7 Å². The van der Waals surface area contributed by atoms with Crippen molar-refractivity contribution in [1.29, 1.82) is 0 Å². The largest absolute Gasteiger partial charge is 0.455 e. The number of carbonyl (C=O) groups excluding carboxylic acids is 2. The quantitative estimate of drug-likeness (QED) is 0.763. The van der Waals surface area contributed by atoms with Crippen molar-refractivity contribution in [3.05, 3.63) is 69.9 Å². The van der Waals surface area contributed by atoms with Gasteiger partial charge in [-0.3, -0.25) is 9.59 Å². The summed E-state index contributed by atoms with van der Waals surface area (Å²) in [5, 5.41) is 2.75. The van der Waals surface area contributed by atoms with Crippen molar-refractivity contribution in [3.8, 4) is 0 Å². The molecular formula is C18H17BrFNO3. The monoisotopic (exact) mass is 393 g/mol. The zero-order valence-electron chi connectivity index (χ0n) is 13.1. The highest BCUT2D eigenvalue weighted by Gasteiger charge is 2.12. The molecule has 0 unspecified atom stereocenters. The summed E-state index contributed by atoms with van der Waals surface area (Å²) in [6, 6.07) is 13.1. The van der Waals surface area contributed by atoms with Gasteiger partial charge in [-0.15, -0.1) is 0 Å². The minimum atomic E-state index is -0.577. The number of hydrogen-bond donors (Lipinski definition) is 1. The molecule has 2 aromatic rings. The molecule has 0 aliphatic rings. The highest BCUT2D eigenvalue weighted by Crippen LogP contribution is 2.16. The molecule has 0 saturated carbocycles. The highest BCUT2D eigenvalue weighted by atomic mass is 79.9. The Labute approximate surface area is 148 Å². The van der Waals surface area contributed by atoms with Crippen LogP contribution in [0.2, 0.25) is 0 Å². The molecular weight excluding hydrogens is 377 g/mol. The number of halogens is 2. The summed E-state index contributed by atoms with van der Waals surface area (Å²) in [4.78, 5) is 23.5. The third-order valence-corrected chi connectivity index (χ3v) is 3.88. The molecule has 24 heavy (non-hydrogen) atoms. The zero-order chi connectivity index (χ0) is 17.5. The van der Waals surface area contributed by atoms with Crippen molar-refractivity contribution in [1.82, 2.24) is 5.32 Å². The Morgan fingerprint density at radius 2 is 1.92 bits per heavy atom. The van der Waals surface area contributed by atoms with E-state index < -0.39 is 17.7 Å². The van der Waals surface area contributed by atoms with E-state index in [1.54, 1.807) is 6.07 Å². The van der Waals surface area contributed by atoms with Gasteiger partial charge in [-0.05, 0) is 42.3 Å². The Hall–Kier alpha value is -2.21. The average Bonchev–Trinajstić information content (AvgIpc) is 2.53. The van der Waals surface area contributed by atoms with Gasteiger partial charge in [-0.1, -0.05) is 40.2 Å². The lowest BCUT2D eigenvalue weighted by atomic mass is 10.1. The van der Waals surface area contributed by atoms with Crippen LogP contribution in [-0.4, -0.2) is 18.5 Å². The van der Waals surface area contributed by atoms with E-state index in [-0.39, 0.29) is 19.1 Å². The molecule has 0 bridgehead atoms. The summed E-state index contributed by atoms with van der Waals surface area (Å²) >= 11 is 3.35. The van der Waals surface area contributed by atoms with Gasteiger partial charge in [0.1, 0.15) is 5.82 Å². The molecule has 4 nitrogen and oxygen atoms in total. The molecule has 0 spiro atoms. The summed E-state index contributed by atoms with van der Waals surface area (Å²) in [5.74, 6) is -1.38. The Morgan fingerprint density at radius 1 is 1.21 bits per heavy atom. The van der Waals surface area contributed by atoms with Gasteiger partial charge in [-0.25, -0.2) is 4.39 Å². The van der Waals surface area contributed by atoms with Crippen molar-refractivity contribution in [3.63, 3.8) is 0 Å². The minimum absolute atomic E-state index is 0.0761. The van der Waals surface area contributed by atoms with Crippen LogP contribution >= 0.6 is 15.9 Å². The predicted molar refractivity (Wildman–Crippen MR) is 91.8 cm³/mol. The number of esters is 1. The van der Waals surface area contributed by atoms with E-state index in [2.05, 4.69) is 21.2 Å². The van der Waals surface area contributed by atoms with Crippen LogP contribution in [0, 0.1) is 5.82 Å². The summed E-state index contributed by atoms with van der Waals surface area (Å²) in [7, 11) is 0. The lowest BCUT2D eigenvalue weighted by Crippen LogP contribution is -2.31. The summed E-state index contributed by atoms with van der Waals surface area (Å²) in [6.07, 6.45) is -0.0761. The van der Waals surface area contributed by atoms with Crippen molar-refractivity contribution < 1.29 is 18.7 Å². The van der Waals surface area contributed by atoms with E-state index in [1.807, 2.05) is 31.2 Å². The molecule has 0 saturated heterocycles. The zero-order valence-corrected chi connectivity index (χ0v) is 14.7. The molecule has 0 fully saturated rings. The Kier molecular flexibility index (Phi) is 6.49. The fourth-order valence-electron chi connectivity index (χ4n) is 2.13. The Morgan fingerprint density at radius 3 is 2.58 bits per heavy atom. The first-order chi connectivity index (χ1) is 11.4. The SMILES string of the molecule is C[C@@H](NC(=O)COC(=O)Cc1cccc(F)c1)c1ccc(Br)cc1. The normalized spacial score (nSPS) is 11.6. The fourth-order valence-corrected chi connectivity index (χ4v) is 2.39. The van der Waals surface area contributed by atoms with Crippen LogP contribution in [0.3, 0.4) is 0 Å². The van der Waals surface area contributed by atoms with Gasteiger partial charge < -0.3 is 10.1 Å². The van der Waals surface area contributed by atoms with Gasteiger partial charge in [0.25, 0.3) is 5.91 Å². The maximum absolute atomic E-state index is 13.0. The molecule has 0 aromatic heterocycles. The Balaban J connectivity index is 1.78. The molecule has 2 rings (SSSR count). The first-order valence-corrected chi connectivity index (χ1v) is 8.18. The van der Waals surface area contributed by atoms with Crippen molar-refractivity contribution in [2.75, 3.05) is 6.61 Å². The highest BCUT2D eigenvalue weighted by molar-refractivity contribution is 9.10. The van der Waals surface area contributed by atoms with Gasteiger partial charge in [0.05, 0.1) is 12.5 Å². The molecule has 0 heterocycles. The van der Waals surface area contributed by atoms with E-state index in [0.29, 0.717) is 5.56 Å². The number of hydrogen-bond acceptors (Lipinski definition) is 3. The maximum atomic E-state index is 13.0. The van der Waals surface area contributed by atoms with Crippen LogP contribution in [0.5, 0.6) is 0 Å². The molecule has 0 aliphatic heterocycles. The first kappa shape index (κ1) is 18.1. The Bertz CT molecular complexity index is 718. The third-order valence-electron chi connectivity index (χ3n) is 3.35. The van der Waals surface area contributed by atoms with E-state index in [4.69, 9.17) is 4.74 Å². The van der Waals surface area contributed by atoms with Gasteiger partial charge in [0.2, 0.25) is 0 Å². The van der Waals surface area contributed by atoms with Crippen molar-refractivity contribution >= 4 is 27.8 Å². The second-order valence-corrected chi connectivity index (χ2v) is 6.22. The van der Waals surface area contributed by atoms with Crippen molar-refractivity contribution in [2.45, 2.75) is 19.4 Å². The summed E-state index contributed by atoms with van der Waals surface area (Å²) in [6.45, 7) is 1.48. The molecule has 126 valence electrons. The van der Waals surface area contributed by atoms with E-state index in [0.717, 1.165) is 10.0 Å². The van der Waals surface area contributed by atoms with Gasteiger partial charge in [0, 0.05) is 4.47 Å². The summed E-state index contributed by atoms with van der Waals surface area (Å²) < 4.78 is 18.9. The topological polar surface area (TPSA) is 55.4 Å². The second-order valence-electron chi connectivity index (χ2n) is 5.31. The number of ether oxygens (including phenoxy) is 1. The molecule has 1 amide bonds. The number of benzene rings is 2. The van der Waals surface area contributed by atoms with Crippen LogP contribution in [0.1, 0.15) is 24.1 Å². The smallest absolute Gasteiger partial charge is 0.310 e. The van der Waals surface area contributed by atoms with Crippen molar-refractivity contribution in [2.24, 2.45) is 0 Å². The number of amides is 1. The minimum Gasteiger partial charge on any atom is -0.455 e. The number of carbonyl (C=O) groups is 2. The van der Waals surface area contributed by atoms with Crippen LogP contribution in [0.4, 0.5) is 4.39 Å². The van der Waals surface area contributed by atoms with Crippen LogP contribution in [0.15, 0.2) is 53.0 Å². The van der Waals surface area contributed by atoms with E-state index in [9.17, 15) is 14.0 Å². The molecule has 2 aromatic carbocycles. The van der Waals surface area contributed by atoms with Crippen LogP contribution < -0.4 is 5.32 Å². The standard InChI is InChI=1S/C18H17BrFNO3/c1-12(14-5-7-15(19)8-6-14)21-17(22)11-24-18(23)10-13-3-2-4-16(20)9-13/h2-9,12H,10-11H2,1H3,(H,21,22)/t12-/m1/s1. The molecule has 1 N–H and O–H groups in total. The third kappa shape index (κ3) is 5.77. The number of rotatable bonds is 6. The first-order valence-electron chi connectivity index (χ1n) is 7.39. The average molecular weight is 394 g/mol. The fraction of sp³-hybridized carbons (Fsp3) is 0.222.